The average molecular weight is 249 g/mol. The van der Waals surface area contributed by atoms with Crippen molar-refractivity contribution in [1.29, 1.82) is 0 Å². The molecule has 5 N–H and O–H groups in total. The van der Waals surface area contributed by atoms with Gasteiger partial charge in [0, 0.05) is 11.1 Å². The quantitative estimate of drug-likeness (QED) is 0.744. The van der Waals surface area contributed by atoms with Crippen LogP contribution in [0.15, 0.2) is 23.8 Å². The van der Waals surface area contributed by atoms with E-state index in [1.165, 1.54) is 17.4 Å². The van der Waals surface area contributed by atoms with Gasteiger partial charge in [-0.25, -0.2) is 4.98 Å². The fourth-order valence-electron chi connectivity index (χ4n) is 1.25. The Balaban J connectivity index is 2.14. The van der Waals surface area contributed by atoms with Crippen molar-refractivity contribution in [2.45, 2.75) is 6.54 Å². The number of hydrogen-bond acceptors (Lipinski definition) is 6. The summed E-state index contributed by atoms with van der Waals surface area (Å²) in [6.45, 7) is 0.560. The Hall–Kier alpha value is -2.15. The van der Waals surface area contributed by atoms with Gasteiger partial charge in [-0.15, -0.1) is 11.3 Å². The molecule has 0 atom stereocenters. The number of carbonyl (C=O) groups excluding carboxylic acids is 1. The molecule has 2 aromatic rings. The van der Waals surface area contributed by atoms with Crippen LogP contribution in [0.1, 0.15) is 15.4 Å². The lowest BCUT2D eigenvalue weighted by atomic mass is 10.3. The first kappa shape index (κ1) is 11.3. The SMILES string of the molecule is NC(=O)c1ccc(N)c(NCc2cncs2)n1. The van der Waals surface area contributed by atoms with Crippen LogP contribution < -0.4 is 16.8 Å². The van der Waals surface area contributed by atoms with Crippen molar-refractivity contribution in [3.05, 3.63) is 34.4 Å². The maximum Gasteiger partial charge on any atom is 0.267 e. The highest BCUT2D eigenvalue weighted by atomic mass is 32.1. The third kappa shape index (κ3) is 2.70. The summed E-state index contributed by atoms with van der Waals surface area (Å²) >= 11 is 1.52. The van der Waals surface area contributed by atoms with Crippen LogP contribution in [0.3, 0.4) is 0 Å². The minimum Gasteiger partial charge on any atom is -0.396 e. The number of anilines is 2. The van der Waals surface area contributed by atoms with Crippen molar-refractivity contribution in [2.24, 2.45) is 5.73 Å². The number of nitrogens with zero attached hydrogens (tertiary/aromatic N) is 2. The van der Waals surface area contributed by atoms with Crippen LogP contribution in [0.5, 0.6) is 0 Å². The van der Waals surface area contributed by atoms with Gasteiger partial charge in [-0.05, 0) is 12.1 Å². The first-order valence-electron chi connectivity index (χ1n) is 4.84. The van der Waals surface area contributed by atoms with Gasteiger partial charge in [0.25, 0.3) is 5.91 Å². The molecule has 88 valence electrons. The smallest absolute Gasteiger partial charge is 0.267 e. The molecule has 2 aromatic heterocycles. The van der Waals surface area contributed by atoms with Crippen LogP contribution >= 0.6 is 11.3 Å². The summed E-state index contributed by atoms with van der Waals surface area (Å²) in [5, 5.41) is 3.04. The lowest BCUT2D eigenvalue weighted by Crippen LogP contribution is -2.15. The van der Waals surface area contributed by atoms with Crippen molar-refractivity contribution in [3.8, 4) is 0 Å². The molecule has 0 saturated carbocycles. The standard InChI is InChI=1S/C10H11N5OS/c11-7-1-2-8(9(12)16)15-10(7)14-4-6-3-13-5-17-6/h1-3,5H,4,11H2,(H2,12,16)(H,14,15). The minimum absolute atomic E-state index is 0.186. The molecular formula is C10H11N5OS. The van der Waals surface area contributed by atoms with E-state index in [0.29, 0.717) is 18.1 Å². The number of thiazole rings is 1. The molecule has 7 heteroatoms. The largest absolute Gasteiger partial charge is 0.396 e. The lowest BCUT2D eigenvalue weighted by molar-refractivity contribution is 0.0996. The van der Waals surface area contributed by atoms with Gasteiger partial charge in [-0.2, -0.15) is 0 Å². The molecule has 0 radical (unpaired) electrons. The van der Waals surface area contributed by atoms with Crippen LogP contribution in [0.25, 0.3) is 0 Å². The molecule has 0 unspecified atom stereocenters. The van der Waals surface area contributed by atoms with Gasteiger partial charge in [0.15, 0.2) is 0 Å². The summed E-state index contributed by atoms with van der Waals surface area (Å²) in [6, 6.07) is 3.09. The average Bonchev–Trinajstić information content (AvgIpc) is 2.80. The second-order valence-corrected chi connectivity index (χ2v) is 4.29. The summed E-state index contributed by atoms with van der Waals surface area (Å²) < 4.78 is 0. The molecular weight excluding hydrogens is 238 g/mol. The van der Waals surface area contributed by atoms with Crippen molar-refractivity contribution in [1.82, 2.24) is 9.97 Å². The number of hydrogen-bond donors (Lipinski definition) is 3. The fourth-order valence-corrected chi connectivity index (χ4v) is 1.78. The topological polar surface area (TPSA) is 107 Å². The monoisotopic (exact) mass is 249 g/mol. The summed E-state index contributed by atoms with van der Waals surface area (Å²) in [7, 11) is 0. The van der Waals surface area contributed by atoms with Gasteiger partial charge >= 0.3 is 0 Å². The van der Waals surface area contributed by atoms with Crippen LogP contribution in [-0.4, -0.2) is 15.9 Å². The number of pyridine rings is 1. The number of rotatable bonds is 4. The van der Waals surface area contributed by atoms with E-state index < -0.39 is 5.91 Å². The molecule has 0 aliphatic carbocycles. The number of nitrogen functional groups attached to an aromatic ring is 1. The number of aromatic nitrogens is 2. The second kappa shape index (κ2) is 4.79. The Bertz CT molecular complexity index is 525. The first-order valence-corrected chi connectivity index (χ1v) is 5.72. The zero-order chi connectivity index (χ0) is 12.3. The second-order valence-electron chi connectivity index (χ2n) is 3.32. The number of amides is 1. The molecule has 0 aromatic carbocycles. The maximum atomic E-state index is 11.0. The van der Waals surface area contributed by atoms with Crippen LogP contribution in [0.4, 0.5) is 11.5 Å². The van der Waals surface area contributed by atoms with Crippen LogP contribution in [0, 0.1) is 0 Å². The van der Waals surface area contributed by atoms with Gasteiger partial charge in [0.1, 0.15) is 11.5 Å². The van der Waals surface area contributed by atoms with Crippen molar-refractivity contribution < 1.29 is 4.79 Å². The molecule has 2 rings (SSSR count). The highest BCUT2D eigenvalue weighted by Gasteiger charge is 2.07. The zero-order valence-electron chi connectivity index (χ0n) is 8.88. The van der Waals surface area contributed by atoms with E-state index in [0.717, 1.165) is 4.88 Å². The van der Waals surface area contributed by atoms with Crippen molar-refractivity contribution in [3.63, 3.8) is 0 Å². The predicted octanol–water partition coefficient (Wildman–Crippen LogP) is 0.831. The first-order chi connectivity index (χ1) is 8.16. The highest BCUT2D eigenvalue weighted by Crippen LogP contribution is 2.17. The summed E-state index contributed by atoms with van der Waals surface area (Å²) in [5.41, 5.74) is 13.3. The van der Waals surface area contributed by atoms with Crippen molar-refractivity contribution >= 4 is 28.7 Å². The molecule has 0 fully saturated rings. The predicted molar refractivity (Wildman–Crippen MR) is 66.6 cm³/mol. The third-order valence-electron chi connectivity index (χ3n) is 2.09. The molecule has 17 heavy (non-hydrogen) atoms. The van der Waals surface area contributed by atoms with Gasteiger partial charge in [-0.1, -0.05) is 0 Å². The molecule has 0 aliphatic heterocycles. The summed E-state index contributed by atoms with van der Waals surface area (Å²) in [5.74, 6) is -0.124. The Kier molecular flexibility index (Phi) is 3.20. The normalized spacial score (nSPS) is 10.1. The van der Waals surface area contributed by atoms with E-state index in [1.807, 2.05) is 0 Å². The zero-order valence-corrected chi connectivity index (χ0v) is 9.70. The Morgan fingerprint density at radius 1 is 1.47 bits per heavy atom. The van der Waals surface area contributed by atoms with E-state index >= 15 is 0 Å². The molecule has 0 bridgehead atoms. The molecule has 6 nitrogen and oxygen atoms in total. The fraction of sp³-hybridized carbons (Fsp3) is 0.100. The molecule has 1 amide bonds. The number of nitrogens with one attached hydrogen (secondary N) is 1. The van der Waals surface area contributed by atoms with Crippen LogP contribution in [0.2, 0.25) is 0 Å². The minimum atomic E-state index is -0.578. The van der Waals surface area contributed by atoms with E-state index in [-0.39, 0.29) is 5.69 Å². The van der Waals surface area contributed by atoms with Gasteiger partial charge in [-0.3, -0.25) is 9.78 Å². The maximum absolute atomic E-state index is 11.0. The highest BCUT2D eigenvalue weighted by molar-refractivity contribution is 7.09. The summed E-state index contributed by atoms with van der Waals surface area (Å²) in [6.07, 6.45) is 1.76. The Morgan fingerprint density at radius 3 is 2.94 bits per heavy atom. The molecule has 2 heterocycles. The van der Waals surface area contributed by atoms with Crippen LogP contribution in [-0.2, 0) is 6.54 Å². The number of carbonyl (C=O) groups is 1. The van der Waals surface area contributed by atoms with E-state index in [4.69, 9.17) is 11.5 Å². The van der Waals surface area contributed by atoms with E-state index in [1.54, 1.807) is 17.8 Å². The Morgan fingerprint density at radius 2 is 2.29 bits per heavy atom. The Labute approximate surface area is 102 Å². The molecule has 0 spiro atoms. The van der Waals surface area contributed by atoms with E-state index in [9.17, 15) is 4.79 Å². The van der Waals surface area contributed by atoms with Crippen molar-refractivity contribution in [2.75, 3.05) is 11.1 Å². The van der Waals surface area contributed by atoms with Gasteiger partial charge in [0.2, 0.25) is 0 Å². The molecule has 0 aliphatic rings. The van der Waals surface area contributed by atoms with Gasteiger partial charge < -0.3 is 16.8 Å². The van der Waals surface area contributed by atoms with Gasteiger partial charge in [0.05, 0.1) is 17.7 Å². The lowest BCUT2D eigenvalue weighted by Gasteiger charge is -2.07. The third-order valence-corrected chi connectivity index (χ3v) is 2.87. The molecule has 0 saturated heterocycles. The number of primary amides is 1. The van der Waals surface area contributed by atoms with E-state index in [2.05, 4.69) is 15.3 Å². The number of nitrogens with two attached hydrogens (primary N) is 2. The summed E-state index contributed by atoms with van der Waals surface area (Å²) in [4.78, 5) is 20.0.